The molecule has 0 fully saturated rings. The minimum atomic E-state index is -0.229. The summed E-state index contributed by atoms with van der Waals surface area (Å²) in [7, 11) is 1.72. The number of carbonyl (C=O) groups is 2. The van der Waals surface area contributed by atoms with Crippen molar-refractivity contribution in [3.63, 3.8) is 0 Å². The zero-order chi connectivity index (χ0) is 22.5. The predicted octanol–water partition coefficient (Wildman–Crippen LogP) is 3.01. The minimum absolute atomic E-state index is 0.0727. The van der Waals surface area contributed by atoms with Gasteiger partial charge in [0.2, 0.25) is 11.8 Å². The molecule has 0 saturated heterocycles. The SMILES string of the molecule is Cc1ccc(-n2nc(C)c(NC(=O)CN(C)CC(=O)Nc3cccc(C)n3)c2C)cc1. The van der Waals surface area contributed by atoms with Gasteiger partial charge in [0, 0.05) is 5.69 Å². The molecule has 0 saturated carbocycles. The highest BCUT2D eigenvalue weighted by Gasteiger charge is 2.17. The van der Waals surface area contributed by atoms with Crippen molar-refractivity contribution in [2.75, 3.05) is 30.8 Å². The minimum Gasteiger partial charge on any atom is -0.322 e. The molecule has 0 atom stereocenters. The average Bonchev–Trinajstić information content (AvgIpc) is 2.96. The third-order valence-electron chi connectivity index (χ3n) is 4.82. The molecule has 0 radical (unpaired) electrons. The Hall–Kier alpha value is -3.52. The number of benzene rings is 1. The molecule has 162 valence electrons. The van der Waals surface area contributed by atoms with E-state index in [4.69, 9.17) is 0 Å². The monoisotopic (exact) mass is 420 g/mol. The fourth-order valence-corrected chi connectivity index (χ4v) is 3.28. The van der Waals surface area contributed by atoms with Crippen LogP contribution in [0, 0.1) is 27.7 Å². The van der Waals surface area contributed by atoms with Crippen LogP contribution in [0.3, 0.4) is 0 Å². The number of rotatable bonds is 7. The van der Waals surface area contributed by atoms with Gasteiger partial charge in [-0.3, -0.25) is 14.5 Å². The van der Waals surface area contributed by atoms with Gasteiger partial charge < -0.3 is 10.6 Å². The molecule has 0 aliphatic heterocycles. The number of hydrogen-bond donors (Lipinski definition) is 2. The van der Waals surface area contributed by atoms with E-state index in [1.54, 1.807) is 18.0 Å². The number of hydrogen-bond acceptors (Lipinski definition) is 5. The van der Waals surface area contributed by atoms with Crippen molar-refractivity contribution < 1.29 is 9.59 Å². The standard InChI is InChI=1S/C23H28N6O2/c1-15-9-11-19(12-10-15)29-18(4)23(17(3)27-29)26-22(31)14-28(5)13-21(30)25-20-8-6-7-16(2)24-20/h6-12H,13-14H2,1-5H3,(H,26,31)(H,24,25,30). The third kappa shape index (κ3) is 5.76. The van der Waals surface area contributed by atoms with Crippen molar-refractivity contribution in [1.29, 1.82) is 0 Å². The van der Waals surface area contributed by atoms with E-state index in [0.29, 0.717) is 11.5 Å². The Labute approximate surface area is 182 Å². The Morgan fingerprint density at radius 3 is 2.23 bits per heavy atom. The summed E-state index contributed by atoms with van der Waals surface area (Å²) in [6.07, 6.45) is 0. The maximum Gasteiger partial charge on any atom is 0.239 e. The summed E-state index contributed by atoms with van der Waals surface area (Å²) in [5.41, 5.74) is 5.20. The average molecular weight is 421 g/mol. The van der Waals surface area contributed by atoms with Crippen LogP contribution in [0.2, 0.25) is 0 Å². The second-order valence-corrected chi connectivity index (χ2v) is 7.73. The van der Waals surface area contributed by atoms with Crippen LogP contribution in [-0.4, -0.2) is 51.6 Å². The molecule has 8 nitrogen and oxygen atoms in total. The van der Waals surface area contributed by atoms with Gasteiger partial charge in [-0.05, 0) is 59.0 Å². The Bertz CT molecular complexity index is 1090. The highest BCUT2D eigenvalue weighted by atomic mass is 16.2. The number of pyridine rings is 1. The van der Waals surface area contributed by atoms with Gasteiger partial charge in [0.1, 0.15) is 5.82 Å². The number of carbonyl (C=O) groups excluding carboxylic acids is 2. The molecule has 2 heterocycles. The lowest BCUT2D eigenvalue weighted by molar-refractivity contribution is -0.119. The van der Waals surface area contributed by atoms with E-state index in [2.05, 4.69) is 20.7 Å². The molecule has 0 bridgehead atoms. The second-order valence-electron chi connectivity index (χ2n) is 7.73. The fourth-order valence-electron chi connectivity index (χ4n) is 3.28. The Balaban J connectivity index is 1.59. The van der Waals surface area contributed by atoms with Crippen molar-refractivity contribution in [2.24, 2.45) is 0 Å². The van der Waals surface area contributed by atoms with E-state index in [1.807, 2.05) is 68.8 Å². The van der Waals surface area contributed by atoms with E-state index in [-0.39, 0.29) is 24.9 Å². The molecule has 8 heteroatoms. The van der Waals surface area contributed by atoms with Gasteiger partial charge in [0.15, 0.2) is 0 Å². The number of amides is 2. The molecular formula is C23H28N6O2. The highest BCUT2D eigenvalue weighted by Crippen LogP contribution is 2.23. The van der Waals surface area contributed by atoms with Gasteiger partial charge in [-0.15, -0.1) is 0 Å². The first-order valence-electron chi connectivity index (χ1n) is 10.1. The van der Waals surface area contributed by atoms with Gasteiger partial charge >= 0.3 is 0 Å². The lowest BCUT2D eigenvalue weighted by atomic mass is 10.2. The van der Waals surface area contributed by atoms with Crippen molar-refractivity contribution >= 4 is 23.3 Å². The first-order valence-corrected chi connectivity index (χ1v) is 10.1. The van der Waals surface area contributed by atoms with Gasteiger partial charge in [-0.1, -0.05) is 23.8 Å². The molecule has 0 unspecified atom stereocenters. The summed E-state index contributed by atoms with van der Waals surface area (Å²) in [6, 6.07) is 13.5. The number of nitrogens with one attached hydrogen (secondary N) is 2. The number of likely N-dealkylation sites (N-methyl/N-ethyl adjacent to an activating group) is 1. The number of nitrogens with zero attached hydrogens (tertiary/aromatic N) is 4. The number of aromatic nitrogens is 3. The van der Waals surface area contributed by atoms with Crippen molar-refractivity contribution in [3.05, 3.63) is 65.1 Å². The van der Waals surface area contributed by atoms with Crippen molar-refractivity contribution in [1.82, 2.24) is 19.7 Å². The van der Waals surface area contributed by atoms with Crippen LogP contribution in [0.1, 0.15) is 22.6 Å². The molecule has 1 aromatic carbocycles. The maximum absolute atomic E-state index is 12.6. The Kier molecular flexibility index (Phi) is 6.81. The normalized spacial score (nSPS) is 10.9. The van der Waals surface area contributed by atoms with E-state index < -0.39 is 0 Å². The summed E-state index contributed by atoms with van der Waals surface area (Å²) in [5.74, 6) is 0.0595. The first-order chi connectivity index (χ1) is 14.7. The van der Waals surface area contributed by atoms with Crippen LogP contribution in [-0.2, 0) is 9.59 Å². The molecule has 3 rings (SSSR count). The quantitative estimate of drug-likeness (QED) is 0.613. The lowest BCUT2D eigenvalue weighted by Crippen LogP contribution is -2.36. The summed E-state index contributed by atoms with van der Waals surface area (Å²) >= 11 is 0. The zero-order valence-corrected chi connectivity index (χ0v) is 18.6. The molecule has 2 N–H and O–H groups in total. The van der Waals surface area contributed by atoms with Gasteiger partial charge in [0.05, 0.1) is 35.9 Å². The van der Waals surface area contributed by atoms with E-state index in [1.165, 1.54) is 5.56 Å². The number of anilines is 2. The van der Waals surface area contributed by atoms with E-state index in [0.717, 1.165) is 22.8 Å². The van der Waals surface area contributed by atoms with Crippen LogP contribution in [0.15, 0.2) is 42.5 Å². The maximum atomic E-state index is 12.6. The summed E-state index contributed by atoms with van der Waals surface area (Å²) in [4.78, 5) is 30.7. The van der Waals surface area contributed by atoms with E-state index in [9.17, 15) is 9.59 Å². The van der Waals surface area contributed by atoms with Crippen molar-refractivity contribution in [2.45, 2.75) is 27.7 Å². The van der Waals surface area contributed by atoms with Gasteiger partial charge in [-0.2, -0.15) is 5.10 Å². The summed E-state index contributed by atoms with van der Waals surface area (Å²) < 4.78 is 1.82. The number of aryl methyl sites for hydroxylation is 3. The molecule has 2 aromatic heterocycles. The van der Waals surface area contributed by atoms with E-state index >= 15 is 0 Å². The highest BCUT2D eigenvalue weighted by molar-refractivity contribution is 5.95. The second kappa shape index (κ2) is 9.53. The van der Waals surface area contributed by atoms with Crippen LogP contribution >= 0.6 is 0 Å². The molecule has 2 amide bonds. The summed E-state index contributed by atoms with van der Waals surface area (Å²) in [6.45, 7) is 7.82. The largest absolute Gasteiger partial charge is 0.322 e. The molecule has 0 aliphatic carbocycles. The Morgan fingerprint density at radius 1 is 0.935 bits per heavy atom. The van der Waals surface area contributed by atoms with Gasteiger partial charge in [0.25, 0.3) is 0 Å². The van der Waals surface area contributed by atoms with Crippen molar-refractivity contribution in [3.8, 4) is 5.69 Å². The molecular weight excluding hydrogens is 392 g/mol. The third-order valence-corrected chi connectivity index (χ3v) is 4.82. The lowest BCUT2D eigenvalue weighted by Gasteiger charge is -2.16. The smallest absolute Gasteiger partial charge is 0.239 e. The molecule has 3 aromatic rings. The predicted molar refractivity (Wildman–Crippen MR) is 122 cm³/mol. The van der Waals surface area contributed by atoms with Crippen LogP contribution in [0.5, 0.6) is 0 Å². The zero-order valence-electron chi connectivity index (χ0n) is 18.6. The van der Waals surface area contributed by atoms with Gasteiger partial charge in [-0.25, -0.2) is 9.67 Å². The van der Waals surface area contributed by atoms with Crippen LogP contribution in [0.25, 0.3) is 5.69 Å². The topological polar surface area (TPSA) is 92.2 Å². The fraction of sp³-hybridized carbons (Fsp3) is 0.304. The first kappa shape index (κ1) is 22.2. The Morgan fingerprint density at radius 2 is 1.58 bits per heavy atom. The van der Waals surface area contributed by atoms with Crippen LogP contribution < -0.4 is 10.6 Å². The molecule has 31 heavy (non-hydrogen) atoms. The summed E-state index contributed by atoms with van der Waals surface area (Å²) in [5, 5.41) is 10.2. The molecule has 0 spiro atoms. The molecule has 0 aliphatic rings. The van der Waals surface area contributed by atoms with Crippen LogP contribution in [0.4, 0.5) is 11.5 Å².